The number of hydrogen-bond acceptors (Lipinski definition) is 12. The van der Waals surface area contributed by atoms with Crippen molar-refractivity contribution < 1.29 is 47.1 Å². The number of carboxylic acids is 2. The van der Waals surface area contributed by atoms with E-state index in [9.17, 15) is 39.0 Å². The predicted molar refractivity (Wildman–Crippen MR) is 163 cm³/mol. The van der Waals surface area contributed by atoms with E-state index in [1.54, 1.807) is 30.3 Å². The van der Waals surface area contributed by atoms with E-state index in [2.05, 4.69) is 10.6 Å². The topological polar surface area (TPSA) is 225 Å². The van der Waals surface area contributed by atoms with Crippen LogP contribution in [-0.4, -0.2) is 23.8 Å². The average Bonchev–Trinajstić information content (AvgIpc) is 3.54. The minimum atomic E-state index is -1.65. The number of carbonyl (C=O) groups excluding carboxylic acids is 4. The Kier molecular flexibility index (Phi) is 9.36. The van der Waals surface area contributed by atoms with Gasteiger partial charge in [0.15, 0.2) is 11.5 Å². The van der Waals surface area contributed by atoms with E-state index in [1.165, 1.54) is 56.3 Å². The number of carboxylic acid groups (broad SMARTS) is 2. The Morgan fingerprint density at radius 2 is 1.06 bits per heavy atom. The molecule has 0 saturated heterocycles. The summed E-state index contributed by atoms with van der Waals surface area (Å²) in [6.45, 7) is 2.93. The van der Waals surface area contributed by atoms with Crippen molar-refractivity contribution in [3.8, 4) is 0 Å². The molecule has 3 aromatic carbocycles. The molecular formula is C34H24N2O12-2. The minimum Gasteiger partial charge on any atom is -0.545 e. The Bertz CT molecular complexity index is 2060. The molecule has 0 aliphatic rings. The first-order chi connectivity index (χ1) is 22.9. The lowest BCUT2D eigenvalue weighted by Crippen LogP contribution is -2.30. The third-order valence-corrected chi connectivity index (χ3v) is 7.19. The highest BCUT2D eigenvalue weighted by molar-refractivity contribution is 6.29. The van der Waals surface area contributed by atoms with E-state index in [4.69, 9.17) is 17.7 Å². The average molecular weight is 653 g/mol. The number of carbonyl (C=O) groups is 4. The van der Waals surface area contributed by atoms with Crippen LogP contribution in [0.5, 0.6) is 0 Å². The lowest BCUT2D eigenvalue weighted by molar-refractivity contribution is -0.256. The SMILES string of the molecule is Cc1oc(=O)oc1Cc1cccc(C(=O)[O-])c1NC(=O)C(=Cc1ccccc1)C(=O)Nc1c(Cc2oc(=O)oc2C)cccc1C(=O)[O-]. The number of rotatable bonds is 11. The van der Waals surface area contributed by atoms with Gasteiger partial charge in [-0.25, -0.2) is 9.59 Å². The molecule has 0 fully saturated rings. The van der Waals surface area contributed by atoms with Crippen LogP contribution in [0.2, 0.25) is 0 Å². The molecule has 0 saturated carbocycles. The summed E-state index contributed by atoms with van der Waals surface area (Å²) in [7, 11) is 0. The molecule has 0 aliphatic carbocycles. The molecule has 0 aliphatic heterocycles. The Hall–Kier alpha value is -6.70. The molecule has 5 rings (SSSR count). The predicted octanol–water partition coefficient (Wildman–Crippen LogP) is 1.97. The molecule has 0 atom stereocenters. The number of nitrogens with one attached hydrogen (secondary N) is 2. The monoisotopic (exact) mass is 652 g/mol. The van der Waals surface area contributed by atoms with Crippen molar-refractivity contribution in [3.05, 3.63) is 144 Å². The second-order valence-corrected chi connectivity index (χ2v) is 10.4. The fourth-order valence-corrected chi connectivity index (χ4v) is 4.86. The normalized spacial score (nSPS) is 10.7. The van der Waals surface area contributed by atoms with E-state index in [1.807, 2.05) is 0 Å². The smallest absolute Gasteiger partial charge is 0.519 e. The summed E-state index contributed by atoms with van der Waals surface area (Å²) >= 11 is 0. The summed E-state index contributed by atoms with van der Waals surface area (Å²) in [5, 5.41) is 29.1. The van der Waals surface area contributed by atoms with Crippen LogP contribution >= 0.6 is 0 Å². The molecule has 0 radical (unpaired) electrons. The highest BCUT2D eigenvalue weighted by Gasteiger charge is 2.25. The Balaban J connectivity index is 1.56. The Morgan fingerprint density at radius 1 is 0.625 bits per heavy atom. The van der Waals surface area contributed by atoms with Gasteiger partial charge in [0.2, 0.25) is 0 Å². The van der Waals surface area contributed by atoms with Gasteiger partial charge in [0.1, 0.15) is 17.1 Å². The molecule has 14 heteroatoms. The summed E-state index contributed by atoms with van der Waals surface area (Å²) in [6, 6.07) is 16.2. The van der Waals surface area contributed by atoms with Gasteiger partial charge >= 0.3 is 11.6 Å². The fourth-order valence-electron chi connectivity index (χ4n) is 4.86. The van der Waals surface area contributed by atoms with Gasteiger partial charge in [0.05, 0.1) is 23.3 Å². The number of hydrogen-bond donors (Lipinski definition) is 2. The number of anilines is 2. The van der Waals surface area contributed by atoms with Gasteiger partial charge in [-0.3, -0.25) is 9.59 Å². The Labute approximate surface area is 269 Å². The molecule has 0 unspecified atom stereocenters. The highest BCUT2D eigenvalue weighted by atomic mass is 16.6. The van der Waals surface area contributed by atoms with Crippen LogP contribution in [0.25, 0.3) is 6.08 Å². The molecule has 2 N–H and O–H groups in total. The number of benzene rings is 3. The van der Waals surface area contributed by atoms with Crippen LogP contribution in [0.1, 0.15) is 60.4 Å². The molecule has 2 heterocycles. The number of aromatic carboxylic acids is 2. The lowest BCUT2D eigenvalue weighted by Gasteiger charge is -2.19. The zero-order valence-electron chi connectivity index (χ0n) is 25.2. The van der Waals surface area contributed by atoms with Crippen molar-refractivity contribution in [2.45, 2.75) is 26.7 Å². The van der Waals surface area contributed by atoms with Crippen LogP contribution in [0.4, 0.5) is 11.4 Å². The quantitative estimate of drug-likeness (QED) is 0.119. The van der Waals surface area contributed by atoms with Crippen molar-refractivity contribution in [2.24, 2.45) is 0 Å². The van der Waals surface area contributed by atoms with Crippen LogP contribution < -0.4 is 32.5 Å². The van der Waals surface area contributed by atoms with Gasteiger partial charge in [-0.15, -0.1) is 0 Å². The van der Waals surface area contributed by atoms with Crippen LogP contribution in [0, 0.1) is 13.8 Å². The zero-order chi connectivity index (χ0) is 34.5. The van der Waals surface area contributed by atoms with Crippen molar-refractivity contribution in [2.75, 3.05) is 10.6 Å². The number of para-hydroxylation sites is 2. The van der Waals surface area contributed by atoms with E-state index in [0.717, 1.165) is 0 Å². The maximum absolute atomic E-state index is 13.9. The Morgan fingerprint density at radius 3 is 1.44 bits per heavy atom. The molecular weight excluding hydrogens is 628 g/mol. The molecule has 48 heavy (non-hydrogen) atoms. The van der Waals surface area contributed by atoms with E-state index in [-0.39, 0.29) is 58.4 Å². The number of amides is 2. The van der Waals surface area contributed by atoms with Gasteiger partial charge in [0.25, 0.3) is 11.8 Å². The number of aryl methyl sites for hydroxylation is 2. The first-order valence-electron chi connectivity index (χ1n) is 14.2. The second-order valence-electron chi connectivity index (χ2n) is 10.4. The molecule has 5 aromatic rings. The minimum absolute atomic E-state index is 0.0684. The summed E-state index contributed by atoms with van der Waals surface area (Å²) in [5.41, 5.74) is -1.19. The van der Waals surface area contributed by atoms with E-state index >= 15 is 0 Å². The first kappa shape index (κ1) is 32.7. The van der Waals surface area contributed by atoms with Gasteiger partial charge < -0.3 is 48.1 Å². The van der Waals surface area contributed by atoms with E-state index in [0.29, 0.717) is 5.56 Å². The van der Waals surface area contributed by atoms with Gasteiger partial charge in [-0.1, -0.05) is 66.7 Å². The summed E-state index contributed by atoms with van der Waals surface area (Å²) < 4.78 is 19.9. The molecule has 244 valence electrons. The molecule has 0 spiro atoms. The van der Waals surface area contributed by atoms with Crippen LogP contribution in [-0.2, 0) is 22.4 Å². The second kappa shape index (κ2) is 13.7. The van der Waals surface area contributed by atoms with Crippen molar-refractivity contribution in [3.63, 3.8) is 0 Å². The summed E-state index contributed by atoms with van der Waals surface area (Å²) in [4.78, 5) is 75.2. The molecule has 0 bridgehead atoms. The highest BCUT2D eigenvalue weighted by Crippen LogP contribution is 2.28. The summed E-state index contributed by atoms with van der Waals surface area (Å²) in [6.07, 6.45) is 0.861. The van der Waals surface area contributed by atoms with Gasteiger partial charge in [-0.05, 0) is 36.6 Å². The molecule has 2 amide bonds. The van der Waals surface area contributed by atoms with Gasteiger partial charge in [0, 0.05) is 24.0 Å². The van der Waals surface area contributed by atoms with E-state index < -0.39 is 52.1 Å². The fraction of sp³-hybridized carbons (Fsp3) is 0.118. The maximum atomic E-state index is 13.9. The third kappa shape index (κ3) is 7.23. The van der Waals surface area contributed by atoms with Crippen molar-refractivity contribution in [1.29, 1.82) is 0 Å². The van der Waals surface area contributed by atoms with Crippen LogP contribution in [0.15, 0.2) is 99.6 Å². The largest absolute Gasteiger partial charge is 0.545 e. The van der Waals surface area contributed by atoms with Crippen molar-refractivity contribution in [1.82, 2.24) is 0 Å². The lowest BCUT2D eigenvalue weighted by atomic mass is 10.0. The third-order valence-electron chi connectivity index (χ3n) is 7.19. The summed E-state index contributed by atoms with van der Waals surface area (Å²) in [5.74, 6) is -7.02. The zero-order valence-corrected chi connectivity index (χ0v) is 25.2. The molecule has 2 aromatic heterocycles. The molecule has 14 nitrogen and oxygen atoms in total. The van der Waals surface area contributed by atoms with Crippen molar-refractivity contribution >= 4 is 41.2 Å². The standard InChI is InChI=1S/C34H26N2O12/c1-17-25(47-33(43)45-17)15-20-10-6-12-22(31(39)40)27(20)35-29(37)24(14-19-8-4-3-5-9-19)30(38)36-28-21(11-7-13-23(28)32(41)42)16-26-18(2)46-34(44)48-26/h3-14H,15-16H2,1-2H3,(H,35,37)(H,36,38)(H,39,40)(H,41,42)/p-2. The van der Waals surface area contributed by atoms with Gasteiger partial charge in [-0.2, -0.15) is 0 Å². The maximum Gasteiger partial charge on any atom is 0.519 e. The first-order valence-corrected chi connectivity index (χ1v) is 14.2. The van der Waals surface area contributed by atoms with Crippen LogP contribution in [0.3, 0.4) is 0 Å².